The summed E-state index contributed by atoms with van der Waals surface area (Å²) in [5, 5.41) is 9.06. The van der Waals surface area contributed by atoms with Crippen molar-refractivity contribution >= 4 is 8.03 Å². The van der Waals surface area contributed by atoms with Crippen molar-refractivity contribution in [1.82, 2.24) is 0 Å². The van der Waals surface area contributed by atoms with Gasteiger partial charge in [-0.1, -0.05) is 30.3 Å². The summed E-state index contributed by atoms with van der Waals surface area (Å²) in [6.45, 7) is 0. The molecule has 12 heavy (non-hydrogen) atoms. The molecule has 2 N–H and O–H groups in total. The SMILES string of the molecule is O=[P+](O)C(O)c1ccccc1.[Ag]. The fourth-order valence-corrected chi connectivity index (χ4v) is 1.18. The molecule has 0 bridgehead atoms. The molecule has 1 aromatic rings. The van der Waals surface area contributed by atoms with E-state index in [2.05, 4.69) is 0 Å². The normalized spacial score (nSPS) is 13.0. The van der Waals surface area contributed by atoms with Gasteiger partial charge in [0.15, 0.2) is 0 Å². The van der Waals surface area contributed by atoms with Gasteiger partial charge in [0.2, 0.25) is 0 Å². The van der Waals surface area contributed by atoms with Crippen molar-refractivity contribution in [2.24, 2.45) is 0 Å². The second kappa shape index (κ2) is 5.60. The minimum absolute atomic E-state index is 0. The molecule has 0 heterocycles. The maximum atomic E-state index is 10.4. The van der Waals surface area contributed by atoms with Crippen LogP contribution < -0.4 is 0 Å². The monoisotopic (exact) mass is 278 g/mol. The number of hydrogen-bond acceptors (Lipinski definition) is 2. The number of hydrogen-bond donors (Lipinski definition) is 2. The minimum Gasteiger partial charge on any atom is -0.345 e. The van der Waals surface area contributed by atoms with E-state index in [1.54, 1.807) is 30.3 Å². The van der Waals surface area contributed by atoms with Crippen molar-refractivity contribution < 1.29 is 36.9 Å². The van der Waals surface area contributed by atoms with Crippen LogP contribution in [0.1, 0.15) is 11.4 Å². The molecular weight excluding hydrogens is 271 g/mol. The summed E-state index contributed by atoms with van der Waals surface area (Å²) in [5.41, 5.74) is 0.469. The van der Waals surface area contributed by atoms with Gasteiger partial charge < -0.3 is 5.11 Å². The summed E-state index contributed by atoms with van der Waals surface area (Å²) in [7, 11) is -2.53. The average Bonchev–Trinajstić information content (AvgIpc) is 2.05. The molecule has 0 saturated heterocycles. The van der Waals surface area contributed by atoms with Gasteiger partial charge in [-0.25, -0.2) is 0 Å². The Morgan fingerprint density at radius 3 is 2.17 bits per heavy atom. The fourth-order valence-electron chi connectivity index (χ4n) is 0.753. The van der Waals surface area contributed by atoms with E-state index in [0.29, 0.717) is 5.56 Å². The van der Waals surface area contributed by atoms with Crippen LogP contribution in [-0.2, 0) is 26.9 Å². The van der Waals surface area contributed by atoms with E-state index in [9.17, 15) is 4.57 Å². The van der Waals surface area contributed by atoms with Crippen LogP contribution in [0.15, 0.2) is 30.3 Å². The Morgan fingerprint density at radius 2 is 1.75 bits per heavy atom. The van der Waals surface area contributed by atoms with Crippen LogP contribution in [-0.4, -0.2) is 10.00 Å². The first kappa shape index (κ1) is 12.0. The van der Waals surface area contributed by atoms with Gasteiger partial charge in [0.05, 0.1) is 0 Å². The minimum atomic E-state index is -2.53. The van der Waals surface area contributed by atoms with E-state index in [-0.39, 0.29) is 22.4 Å². The van der Waals surface area contributed by atoms with Crippen LogP contribution in [0.2, 0.25) is 0 Å². The average molecular weight is 279 g/mol. The van der Waals surface area contributed by atoms with Gasteiger partial charge in [-0.05, 0) is 4.57 Å². The molecule has 0 aliphatic carbocycles. The van der Waals surface area contributed by atoms with E-state index in [1.165, 1.54) is 0 Å². The summed E-state index contributed by atoms with van der Waals surface area (Å²) >= 11 is 0. The summed E-state index contributed by atoms with van der Waals surface area (Å²) in [4.78, 5) is 8.53. The molecule has 0 saturated carbocycles. The molecule has 1 rings (SSSR count). The molecule has 0 fully saturated rings. The Kier molecular flexibility index (Phi) is 5.59. The van der Waals surface area contributed by atoms with E-state index in [4.69, 9.17) is 10.00 Å². The van der Waals surface area contributed by atoms with Crippen LogP contribution in [0, 0.1) is 0 Å². The molecule has 2 unspecified atom stereocenters. The summed E-state index contributed by atoms with van der Waals surface area (Å²) in [5.74, 6) is -1.26. The molecule has 0 amide bonds. The van der Waals surface area contributed by atoms with E-state index in [0.717, 1.165) is 0 Å². The van der Waals surface area contributed by atoms with Crippen molar-refractivity contribution in [1.29, 1.82) is 0 Å². The standard InChI is InChI=1S/C7H7O3P.Ag/c8-7(11(9)10)6-4-2-1-3-5-6;/h1-5,7-8H;/p+1. The Labute approximate surface area is 86.8 Å². The summed E-state index contributed by atoms with van der Waals surface area (Å²) in [6.07, 6.45) is 0. The second-order valence-corrected chi connectivity index (χ2v) is 3.18. The van der Waals surface area contributed by atoms with Crippen LogP contribution in [0.5, 0.6) is 0 Å². The van der Waals surface area contributed by atoms with Gasteiger partial charge in [0.25, 0.3) is 0 Å². The zero-order valence-corrected chi connectivity index (χ0v) is 8.39. The molecular formula is C7H8AgO3P+. The Morgan fingerprint density at radius 1 is 1.25 bits per heavy atom. The Hall–Kier alpha value is -0.0197. The van der Waals surface area contributed by atoms with Gasteiger partial charge >= 0.3 is 13.9 Å². The molecule has 1 radical (unpaired) electrons. The Balaban J connectivity index is 0.00000121. The quantitative estimate of drug-likeness (QED) is 0.635. The number of benzene rings is 1. The van der Waals surface area contributed by atoms with Crippen molar-refractivity contribution in [3.63, 3.8) is 0 Å². The molecule has 0 aromatic heterocycles. The first-order chi connectivity index (χ1) is 5.22. The molecule has 69 valence electrons. The molecule has 0 aliphatic rings. The number of aliphatic hydroxyl groups excluding tert-OH is 1. The van der Waals surface area contributed by atoms with Crippen molar-refractivity contribution in [2.45, 2.75) is 5.85 Å². The third-order valence-electron chi connectivity index (χ3n) is 1.31. The zero-order valence-electron chi connectivity index (χ0n) is 6.02. The molecule has 0 aliphatic heterocycles. The van der Waals surface area contributed by atoms with Crippen molar-refractivity contribution in [3.05, 3.63) is 35.9 Å². The van der Waals surface area contributed by atoms with E-state index < -0.39 is 13.9 Å². The molecule has 5 heteroatoms. The number of rotatable bonds is 2. The summed E-state index contributed by atoms with van der Waals surface area (Å²) < 4.78 is 10.4. The van der Waals surface area contributed by atoms with Crippen LogP contribution >= 0.6 is 8.03 Å². The van der Waals surface area contributed by atoms with Crippen LogP contribution in [0.3, 0.4) is 0 Å². The predicted molar refractivity (Wildman–Crippen MR) is 41.2 cm³/mol. The van der Waals surface area contributed by atoms with Crippen molar-refractivity contribution in [2.75, 3.05) is 0 Å². The zero-order chi connectivity index (χ0) is 8.27. The Bertz CT molecular complexity index is 252. The van der Waals surface area contributed by atoms with E-state index >= 15 is 0 Å². The third-order valence-corrected chi connectivity index (χ3v) is 2.02. The topological polar surface area (TPSA) is 57.5 Å². The summed E-state index contributed by atoms with van der Waals surface area (Å²) in [6, 6.07) is 8.40. The molecule has 1 aromatic carbocycles. The van der Waals surface area contributed by atoms with Gasteiger partial charge in [-0.3, -0.25) is 0 Å². The van der Waals surface area contributed by atoms with Crippen LogP contribution in [0.25, 0.3) is 0 Å². The van der Waals surface area contributed by atoms with Gasteiger partial charge in [-0.2, -0.15) is 4.89 Å². The molecule has 0 spiro atoms. The third kappa shape index (κ3) is 3.15. The maximum absolute atomic E-state index is 10.4. The molecule has 2 atom stereocenters. The fraction of sp³-hybridized carbons (Fsp3) is 0.143. The van der Waals surface area contributed by atoms with Crippen LogP contribution in [0.4, 0.5) is 0 Å². The first-order valence-electron chi connectivity index (χ1n) is 3.10. The molecule has 3 nitrogen and oxygen atoms in total. The number of aliphatic hydroxyl groups is 1. The second-order valence-electron chi connectivity index (χ2n) is 2.09. The smallest absolute Gasteiger partial charge is 0.345 e. The largest absolute Gasteiger partial charge is 0.542 e. The van der Waals surface area contributed by atoms with Gasteiger partial charge in [0.1, 0.15) is 0 Å². The van der Waals surface area contributed by atoms with Crippen molar-refractivity contribution in [3.8, 4) is 0 Å². The van der Waals surface area contributed by atoms with Gasteiger partial charge in [0, 0.05) is 27.9 Å². The van der Waals surface area contributed by atoms with Gasteiger partial charge in [-0.15, -0.1) is 0 Å². The van der Waals surface area contributed by atoms with E-state index in [1.807, 2.05) is 0 Å². The first-order valence-corrected chi connectivity index (χ1v) is 4.38. The predicted octanol–water partition coefficient (Wildman–Crippen LogP) is 1.41. The maximum Gasteiger partial charge on any atom is 0.542 e.